The molecular formula is C28H40N2O4. The number of rotatable bonds is 11. The highest BCUT2D eigenvalue weighted by Gasteiger charge is 2.28. The SMILES string of the molecule is C=Cc1cc(C(O)(CCC)CNC)ccc1OC.CCC(O)(CNC)c1ccc2occc2c1. The van der Waals surface area contributed by atoms with Gasteiger partial charge in [0.1, 0.15) is 22.5 Å². The van der Waals surface area contributed by atoms with Crippen molar-refractivity contribution in [3.8, 4) is 5.75 Å². The van der Waals surface area contributed by atoms with Gasteiger partial charge in [-0.05, 0) is 68.4 Å². The maximum atomic E-state index is 10.7. The second-order valence-corrected chi connectivity index (χ2v) is 8.56. The highest BCUT2D eigenvalue weighted by atomic mass is 16.5. The zero-order valence-electron chi connectivity index (χ0n) is 21.1. The minimum atomic E-state index is -0.840. The van der Waals surface area contributed by atoms with E-state index in [2.05, 4.69) is 24.1 Å². The first kappa shape index (κ1) is 27.6. The van der Waals surface area contributed by atoms with Crippen molar-refractivity contribution in [2.24, 2.45) is 0 Å². The minimum absolute atomic E-state index is 0.531. The summed E-state index contributed by atoms with van der Waals surface area (Å²) in [6.07, 6.45) is 5.73. The van der Waals surface area contributed by atoms with E-state index in [0.29, 0.717) is 19.5 Å². The molecule has 6 heteroatoms. The van der Waals surface area contributed by atoms with Crippen molar-refractivity contribution in [1.29, 1.82) is 0 Å². The molecule has 2 atom stereocenters. The van der Waals surface area contributed by atoms with Crippen LogP contribution in [0.3, 0.4) is 0 Å². The van der Waals surface area contributed by atoms with Gasteiger partial charge in [-0.25, -0.2) is 0 Å². The third-order valence-corrected chi connectivity index (χ3v) is 6.16. The van der Waals surface area contributed by atoms with E-state index in [4.69, 9.17) is 9.15 Å². The molecule has 34 heavy (non-hydrogen) atoms. The number of nitrogens with one attached hydrogen (secondary N) is 2. The van der Waals surface area contributed by atoms with Gasteiger partial charge in [-0.1, -0.05) is 45.1 Å². The van der Waals surface area contributed by atoms with Crippen molar-refractivity contribution in [1.82, 2.24) is 10.6 Å². The Balaban J connectivity index is 0.000000241. The zero-order valence-corrected chi connectivity index (χ0v) is 21.1. The van der Waals surface area contributed by atoms with Gasteiger partial charge in [0.25, 0.3) is 0 Å². The molecule has 1 aromatic heterocycles. The third-order valence-electron chi connectivity index (χ3n) is 6.16. The van der Waals surface area contributed by atoms with Crippen molar-refractivity contribution in [3.63, 3.8) is 0 Å². The molecule has 3 rings (SSSR count). The van der Waals surface area contributed by atoms with Gasteiger partial charge in [0.2, 0.25) is 0 Å². The number of benzene rings is 2. The Labute approximate surface area is 203 Å². The molecule has 0 saturated heterocycles. The second kappa shape index (κ2) is 12.7. The molecule has 0 fully saturated rings. The molecule has 0 saturated carbocycles. The average Bonchev–Trinajstić information content (AvgIpc) is 3.32. The molecule has 2 aromatic carbocycles. The van der Waals surface area contributed by atoms with Crippen molar-refractivity contribution in [3.05, 3.63) is 72.0 Å². The Kier molecular flexibility index (Phi) is 10.3. The van der Waals surface area contributed by atoms with E-state index >= 15 is 0 Å². The lowest BCUT2D eigenvalue weighted by Crippen LogP contribution is -2.36. The summed E-state index contributed by atoms with van der Waals surface area (Å²) in [5.74, 6) is 0.775. The van der Waals surface area contributed by atoms with Crippen LogP contribution in [0.4, 0.5) is 0 Å². The fourth-order valence-electron chi connectivity index (χ4n) is 4.20. The van der Waals surface area contributed by atoms with Crippen LogP contribution in [-0.4, -0.2) is 44.5 Å². The van der Waals surface area contributed by atoms with E-state index in [1.165, 1.54) is 0 Å². The average molecular weight is 469 g/mol. The van der Waals surface area contributed by atoms with Crippen molar-refractivity contribution in [2.75, 3.05) is 34.3 Å². The molecule has 6 nitrogen and oxygen atoms in total. The number of hydrogen-bond acceptors (Lipinski definition) is 6. The lowest BCUT2D eigenvalue weighted by Gasteiger charge is -2.29. The van der Waals surface area contributed by atoms with Gasteiger partial charge in [0.15, 0.2) is 0 Å². The second-order valence-electron chi connectivity index (χ2n) is 8.56. The molecule has 0 aliphatic rings. The topological polar surface area (TPSA) is 86.9 Å². The van der Waals surface area contributed by atoms with Gasteiger partial charge < -0.3 is 30.0 Å². The highest BCUT2D eigenvalue weighted by molar-refractivity contribution is 5.78. The van der Waals surface area contributed by atoms with E-state index in [1.807, 2.05) is 63.5 Å². The van der Waals surface area contributed by atoms with Crippen molar-refractivity contribution >= 4 is 17.0 Å². The van der Waals surface area contributed by atoms with Gasteiger partial charge in [-0.15, -0.1) is 0 Å². The summed E-state index contributed by atoms with van der Waals surface area (Å²) in [5.41, 5.74) is 1.94. The largest absolute Gasteiger partial charge is 0.496 e. The van der Waals surface area contributed by atoms with Crippen LogP contribution in [0, 0.1) is 0 Å². The lowest BCUT2D eigenvalue weighted by atomic mass is 9.88. The molecular weight excluding hydrogens is 428 g/mol. The first-order valence-electron chi connectivity index (χ1n) is 11.8. The van der Waals surface area contributed by atoms with E-state index < -0.39 is 11.2 Å². The standard InChI is InChI=1S/C15H23NO2.C13H17NO2/c1-5-9-15(17,11-16-3)13-7-8-14(18-4)12(6-2)10-13;1-3-13(15,9-14-2)11-4-5-12-10(8-11)6-7-16-12/h6-8,10,16-17H,2,5,9,11H2,1,3-4H3;4-8,14-15H,3,9H2,1-2H3. The fraction of sp³-hybridized carbons (Fsp3) is 0.429. The summed E-state index contributed by atoms with van der Waals surface area (Å²) in [5, 5.41) is 28.3. The van der Waals surface area contributed by atoms with Crippen LogP contribution in [0.25, 0.3) is 17.0 Å². The maximum absolute atomic E-state index is 10.7. The number of likely N-dealkylation sites (N-methyl/N-ethyl adjacent to an activating group) is 2. The summed E-state index contributed by atoms with van der Waals surface area (Å²) < 4.78 is 10.5. The molecule has 0 aliphatic heterocycles. The molecule has 4 N–H and O–H groups in total. The summed E-state index contributed by atoms with van der Waals surface area (Å²) in [7, 11) is 5.32. The first-order chi connectivity index (χ1) is 16.3. The van der Waals surface area contributed by atoms with E-state index in [9.17, 15) is 10.2 Å². The summed E-state index contributed by atoms with van der Waals surface area (Å²) in [6.45, 7) is 8.91. The summed E-state index contributed by atoms with van der Waals surface area (Å²) in [4.78, 5) is 0. The van der Waals surface area contributed by atoms with Crippen LogP contribution >= 0.6 is 0 Å². The molecule has 3 aromatic rings. The van der Waals surface area contributed by atoms with Crippen LogP contribution in [0.5, 0.6) is 5.75 Å². The fourth-order valence-corrected chi connectivity index (χ4v) is 4.20. The lowest BCUT2D eigenvalue weighted by molar-refractivity contribution is 0.0288. The van der Waals surface area contributed by atoms with Crippen molar-refractivity contribution in [2.45, 2.75) is 44.3 Å². The predicted octanol–water partition coefficient (Wildman–Crippen LogP) is 4.80. The van der Waals surface area contributed by atoms with Crippen molar-refractivity contribution < 1.29 is 19.4 Å². The van der Waals surface area contributed by atoms with Gasteiger partial charge >= 0.3 is 0 Å². The smallest absolute Gasteiger partial charge is 0.133 e. The molecule has 0 amide bonds. The minimum Gasteiger partial charge on any atom is -0.496 e. The van der Waals surface area contributed by atoms with Crippen LogP contribution in [-0.2, 0) is 11.2 Å². The Hall–Kier alpha value is -2.64. The Morgan fingerprint density at radius 1 is 0.971 bits per heavy atom. The number of aliphatic hydroxyl groups is 2. The molecule has 0 spiro atoms. The molecule has 0 bridgehead atoms. The summed E-state index contributed by atoms with van der Waals surface area (Å²) in [6, 6.07) is 13.5. The van der Waals surface area contributed by atoms with Gasteiger partial charge in [-0.2, -0.15) is 0 Å². The Morgan fingerprint density at radius 3 is 2.21 bits per heavy atom. The normalized spacial score (nSPS) is 14.6. The van der Waals surface area contributed by atoms with Crippen LogP contribution in [0.15, 0.2) is 59.7 Å². The van der Waals surface area contributed by atoms with Crippen LogP contribution in [0.2, 0.25) is 0 Å². The first-order valence-corrected chi connectivity index (χ1v) is 11.8. The van der Waals surface area contributed by atoms with Gasteiger partial charge in [0.05, 0.1) is 13.4 Å². The molecule has 0 aliphatic carbocycles. The van der Waals surface area contributed by atoms with E-state index in [1.54, 1.807) is 19.4 Å². The van der Waals surface area contributed by atoms with E-state index in [0.717, 1.165) is 46.3 Å². The monoisotopic (exact) mass is 468 g/mol. The van der Waals surface area contributed by atoms with E-state index in [-0.39, 0.29) is 0 Å². The molecule has 186 valence electrons. The van der Waals surface area contributed by atoms with Gasteiger partial charge in [0, 0.05) is 24.0 Å². The Bertz CT molecular complexity index is 1040. The quantitative estimate of drug-likeness (QED) is 0.324. The highest BCUT2D eigenvalue weighted by Crippen LogP contribution is 2.31. The maximum Gasteiger partial charge on any atom is 0.133 e. The molecule has 0 radical (unpaired) electrons. The number of ether oxygens (including phenoxy) is 1. The molecule has 1 heterocycles. The number of methoxy groups -OCH3 is 1. The van der Waals surface area contributed by atoms with Crippen LogP contribution in [0.1, 0.15) is 49.8 Å². The number of hydrogen-bond donors (Lipinski definition) is 4. The predicted molar refractivity (Wildman–Crippen MR) is 140 cm³/mol. The van der Waals surface area contributed by atoms with Crippen LogP contribution < -0.4 is 15.4 Å². The zero-order chi connectivity index (χ0) is 25.2. The number of fused-ring (bicyclic) bond motifs is 1. The Morgan fingerprint density at radius 2 is 1.62 bits per heavy atom. The third kappa shape index (κ3) is 6.48. The molecule has 2 unspecified atom stereocenters. The number of furan rings is 1. The van der Waals surface area contributed by atoms with Gasteiger partial charge in [-0.3, -0.25) is 0 Å². The summed E-state index contributed by atoms with van der Waals surface area (Å²) >= 11 is 0.